The van der Waals surface area contributed by atoms with Crippen LogP contribution in [-0.2, 0) is 6.61 Å². The molecule has 0 radical (unpaired) electrons. The quantitative estimate of drug-likeness (QED) is 0.840. The number of benzene rings is 1. The van der Waals surface area contributed by atoms with Gasteiger partial charge in [-0.3, -0.25) is 0 Å². The van der Waals surface area contributed by atoms with E-state index in [1.165, 1.54) is 22.5 Å². The smallest absolute Gasteiger partial charge is 0.140 e. The van der Waals surface area contributed by atoms with Gasteiger partial charge in [0.2, 0.25) is 0 Å². The minimum absolute atomic E-state index is 0.260. The number of aryl methyl sites for hydroxylation is 2. The Kier molecular flexibility index (Phi) is 4.41. The highest BCUT2D eigenvalue weighted by Crippen LogP contribution is 2.25. The SMILES string of the molecule is Cc1ccc(OCc2nc(C(C)C)c(C#N)s2)cc1C. The fourth-order valence-corrected chi connectivity index (χ4v) is 2.79. The molecule has 2 aromatic rings. The lowest BCUT2D eigenvalue weighted by molar-refractivity contribution is 0.305. The Bertz CT molecular complexity index is 653. The Morgan fingerprint density at radius 1 is 1.30 bits per heavy atom. The lowest BCUT2D eigenvalue weighted by atomic mass is 10.1. The summed E-state index contributed by atoms with van der Waals surface area (Å²) in [4.78, 5) is 5.20. The van der Waals surface area contributed by atoms with Crippen LogP contribution in [0.5, 0.6) is 5.75 Å². The maximum absolute atomic E-state index is 9.11. The molecule has 4 heteroatoms. The summed E-state index contributed by atoms with van der Waals surface area (Å²) < 4.78 is 5.76. The van der Waals surface area contributed by atoms with E-state index in [4.69, 9.17) is 10.00 Å². The second-order valence-corrected chi connectivity index (χ2v) is 6.21. The van der Waals surface area contributed by atoms with Crippen molar-refractivity contribution in [3.8, 4) is 11.8 Å². The Morgan fingerprint density at radius 2 is 2.05 bits per heavy atom. The summed E-state index contributed by atoms with van der Waals surface area (Å²) in [5, 5.41) is 9.96. The summed E-state index contributed by atoms with van der Waals surface area (Å²) in [5.74, 6) is 1.10. The largest absolute Gasteiger partial charge is 0.486 e. The second-order valence-electron chi connectivity index (χ2n) is 5.12. The number of nitrogens with zero attached hydrogens (tertiary/aromatic N) is 2. The van der Waals surface area contributed by atoms with Gasteiger partial charge in [-0.25, -0.2) is 4.98 Å². The first kappa shape index (κ1) is 14.5. The van der Waals surface area contributed by atoms with E-state index in [1.54, 1.807) is 0 Å². The van der Waals surface area contributed by atoms with Crippen molar-refractivity contribution in [3.05, 3.63) is 44.9 Å². The van der Waals surface area contributed by atoms with E-state index in [1.807, 2.05) is 32.0 Å². The van der Waals surface area contributed by atoms with E-state index in [2.05, 4.69) is 24.9 Å². The van der Waals surface area contributed by atoms with Gasteiger partial charge in [-0.05, 0) is 43.0 Å². The van der Waals surface area contributed by atoms with Crippen LogP contribution in [0.1, 0.15) is 46.5 Å². The molecule has 1 aromatic carbocycles. The van der Waals surface area contributed by atoms with Crippen LogP contribution in [0.2, 0.25) is 0 Å². The van der Waals surface area contributed by atoms with Crippen LogP contribution in [-0.4, -0.2) is 4.98 Å². The van der Waals surface area contributed by atoms with Crippen LogP contribution < -0.4 is 4.74 Å². The van der Waals surface area contributed by atoms with E-state index in [-0.39, 0.29) is 5.92 Å². The average Bonchev–Trinajstić information content (AvgIpc) is 2.84. The molecule has 104 valence electrons. The van der Waals surface area contributed by atoms with Crippen molar-refractivity contribution in [2.24, 2.45) is 0 Å². The Morgan fingerprint density at radius 3 is 2.60 bits per heavy atom. The van der Waals surface area contributed by atoms with Gasteiger partial charge in [-0.2, -0.15) is 5.26 Å². The van der Waals surface area contributed by atoms with E-state index >= 15 is 0 Å². The zero-order valence-electron chi connectivity index (χ0n) is 12.2. The first-order chi connectivity index (χ1) is 9.51. The van der Waals surface area contributed by atoms with Crippen molar-refractivity contribution < 1.29 is 4.74 Å². The molecular weight excluding hydrogens is 268 g/mol. The predicted molar refractivity (Wildman–Crippen MR) is 81.2 cm³/mol. The van der Waals surface area contributed by atoms with Crippen molar-refractivity contribution in [2.75, 3.05) is 0 Å². The monoisotopic (exact) mass is 286 g/mol. The van der Waals surface area contributed by atoms with Crippen LogP contribution in [0, 0.1) is 25.2 Å². The molecule has 0 bridgehead atoms. The molecule has 20 heavy (non-hydrogen) atoms. The zero-order chi connectivity index (χ0) is 14.7. The van der Waals surface area contributed by atoms with Crippen LogP contribution in [0.25, 0.3) is 0 Å². The molecule has 0 aliphatic carbocycles. The van der Waals surface area contributed by atoms with Gasteiger partial charge in [-0.1, -0.05) is 19.9 Å². The van der Waals surface area contributed by atoms with Crippen LogP contribution >= 0.6 is 11.3 Å². The van der Waals surface area contributed by atoms with Gasteiger partial charge in [0.25, 0.3) is 0 Å². The van der Waals surface area contributed by atoms with Crippen molar-refractivity contribution in [1.29, 1.82) is 5.26 Å². The molecule has 0 saturated carbocycles. The summed E-state index contributed by atoms with van der Waals surface area (Å²) in [6.45, 7) is 8.65. The highest BCUT2D eigenvalue weighted by molar-refractivity contribution is 7.12. The number of thiazole rings is 1. The molecule has 0 spiro atoms. The molecule has 2 rings (SSSR count). The van der Waals surface area contributed by atoms with Gasteiger partial charge in [0.15, 0.2) is 0 Å². The summed E-state index contributed by atoms with van der Waals surface area (Å²) in [7, 11) is 0. The van der Waals surface area contributed by atoms with E-state index < -0.39 is 0 Å². The van der Waals surface area contributed by atoms with Gasteiger partial charge in [0.1, 0.15) is 28.3 Å². The Balaban J connectivity index is 2.11. The van der Waals surface area contributed by atoms with E-state index in [0.717, 1.165) is 16.5 Å². The first-order valence-corrected chi connectivity index (χ1v) is 7.42. The molecule has 0 atom stereocenters. The Hall–Kier alpha value is -1.86. The molecule has 0 amide bonds. The minimum atomic E-state index is 0.260. The van der Waals surface area contributed by atoms with Gasteiger partial charge in [0.05, 0.1) is 5.69 Å². The van der Waals surface area contributed by atoms with Crippen molar-refractivity contribution >= 4 is 11.3 Å². The maximum Gasteiger partial charge on any atom is 0.140 e. The highest BCUT2D eigenvalue weighted by Gasteiger charge is 2.14. The van der Waals surface area contributed by atoms with Gasteiger partial charge < -0.3 is 4.74 Å². The highest BCUT2D eigenvalue weighted by atomic mass is 32.1. The number of hydrogen-bond acceptors (Lipinski definition) is 4. The lowest BCUT2D eigenvalue weighted by Crippen LogP contribution is -1.97. The van der Waals surface area contributed by atoms with Crippen molar-refractivity contribution in [1.82, 2.24) is 4.98 Å². The normalized spacial score (nSPS) is 10.6. The molecule has 3 nitrogen and oxygen atoms in total. The van der Waals surface area contributed by atoms with Crippen LogP contribution in [0.3, 0.4) is 0 Å². The molecular formula is C16H18N2OS. The van der Waals surface area contributed by atoms with Crippen LogP contribution in [0.4, 0.5) is 0 Å². The zero-order valence-corrected chi connectivity index (χ0v) is 13.0. The predicted octanol–water partition coefficient (Wildman–Crippen LogP) is 4.33. The number of aromatic nitrogens is 1. The average molecular weight is 286 g/mol. The number of hydrogen-bond donors (Lipinski definition) is 0. The molecule has 1 aromatic heterocycles. The standard InChI is InChI=1S/C16H18N2OS/c1-10(2)16-14(8-17)20-15(18-16)9-19-13-6-5-11(3)12(4)7-13/h5-7,10H,9H2,1-4H3. The van der Waals surface area contributed by atoms with Gasteiger partial charge in [0, 0.05) is 0 Å². The third kappa shape index (κ3) is 3.17. The fraction of sp³-hybridized carbons (Fsp3) is 0.375. The molecule has 0 aliphatic heterocycles. The van der Waals surface area contributed by atoms with Gasteiger partial charge in [-0.15, -0.1) is 11.3 Å². The summed E-state index contributed by atoms with van der Waals surface area (Å²) in [6, 6.07) is 8.25. The molecule has 0 saturated heterocycles. The van der Waals surface area contributed by atoms with Gasteiger partial charge >= 0.3 is 0 Å². The third-order valence-corrected chi connectivity index (χ3v) is 4.14. The summed E-state index contributed by atoms with van der Waals surface area (Å²) in [5.41, 5.74) is 3.33. The first-order valence-electron chi connectivity index (χ1n) is 6.61. The second kappa shape index (κ2) is 6.06. The molecule has 1 heterocycles. The number of nitriles is 1. The van der Waals surface area contributed by atoms with Crippen LogP contribution in [0.15, 0.2) is 18.2 Å². The minimum Gasteiger partial charge on any atom is -0.486 e. The third-order valence-electron chi connectivity index (χ3n) is 3.19. The fourth-order valence-electron chi connectivity index (χ4n) is 1.86. The Labute approximate surface area is 123 Å². The van der Waals surface area contributed by atoms with E-state index in [0.29, 0.717) is 11.5 Å². The molecule has 0 unspecified atom stereocenters. The lowest BCUT2D eigenvalue weighted by Gasteiger charge is -2.06. The number of rotatable bonds is 4. The topological polar surface area (TPSA) is 45.9 Å². The molecule has 0 fully saturated rings. The van der Waals surface area contributed by atoms with E-state index in [9.17, 15) is 0 Å². The number of ether oxygens (including phenoxy) is 1. The maximum atomic E-state index is 9.11. The summed E-state index contributed by atoms with van der Waals surface area (Å²) in [6.07, 6.45) is 0. The van der Waals surface area contributed by atoms with Crippen molar-refractivity contribution in [3.63, 3.8) is 0 Å². The molecule has 0 aliphatic rings. The van der Waals surface area contributed by atoms with Crippen molar-refractivity contribution in [2.45, 2.75) is 40.2 Å². The summed E-state index contributed by atoms with van der Waals surface area (Å²) >= 11 is 1.42. The molecule has 0 N–H and O–H groups in total.